The molecule has 24 heavy (non-hydrogen) atoms. The number of thiazole rings is 1. The number of para-hydroxylation sites is 1. The van der Waals surface area contributed by atoms with Crippen LogP contribution < -0.4 is 0 Å². The van der Waals surface area contributed by atoms with Gasteiger partial charge < -0.3 is 9.80 Å². The van der Waals surface area contributed by atoms with Gasteiger partial charge in [0.05, 0.1) is 15.2 Å². The van der Waals surface area contributed by atoms with Gasteiger partial charge in [-0.05, 0) is 50.9 Å². The second-order valence-electron chi connectivity index (χ2n) is 6.45. The molecule has 3 rings (SSSR count). The van der Waals surface area contributed by atoms with Crippen molar-refractivity contribution >= 4 is 27.5 Å². The molecule has 0 saturated carbocycles. The average molecular weight is 346 g/mol. The van der Waals surface area contributed by atoms with Gasteiger partial charge in [0.15, 0.2) is 0 Å². The summed E-state index contributed by atoms with van der Waals surface area (Å²) in [5, 5.41) is 1.19. The Balaban J connectivity index is 1.40. The Bertz CT molecular complexity index is 636. The van der Waals surface area contributed by atoms with Crippen molar-refractivity contribution in [1.82, 2.24) is 14.8 Å². The summed E-state index contributed by atoms with van der Waals surface area (Å²) in [6, 6.07) is 8.28. The highest BCUT2D eigenvalue weighted by molar-refractivity contribution is 7.18. The molecule has 1 saturated heterocycles. The first kappa shape index (κ1) is 17.4. The highest BCUT2D eigenvalue weighted by Gasteiger charge is 2.17. The Kier molecular flexibility index (Phi) is 6.21. The fourth-order valence-corrected chi connectivity index (χ4v) is 4.28. The summed E-state index contributed by atoms with van der Waals surface area (Å²) < 4.78 is 1.26. The lowest BCUT2D eigenvalue weighted by Crippen LogP contribution is -2.35. The SMILES string of the molecule is CCN1CCCN(C(=O)CCCCc2nc3ccccc3s2)CC1. The van der Waals surface area contributed by atoms with E-state index in [1.807, 2.05) is 6.07 Å². The van der Waals surface area contributed by atoms with E-state index in [0.717, 1.165) is 63.9 Å². The molecule has 1 aliphatic rings. The van der Waals surface area contributed by atoms with Gasteiger partial charge in [0.2, 0.25) is 5.91 Å². The number of aryl methyl sites for hydroxylation is 1. The van der Waals surface area contributed by atoms with Gasteiger partial charge in [0.1, 0.15) is 0 Å². The number of rotatable bonds is 6. The molecule has 0 radical (unpaired) electrons. The van der Waals surface area contributed by atoms with E-state index < -0.39 is 0 Å². The molecule has 0 aliphatic carbocycles. The van der Waals surface area contributed by atoms with Crippen molar-refractivity contribution in [2.75, 3.05) is 32.7 Å². The predicted molar refractivity (Wildman–Crippen MR) is 100 cm³/mol. The molecule has 1 amide bonds. The van der Waals surface area contributed by atoms with Crippen LogP contribution >= 0.6 is 11.3 Å². The largest absolute Gasteiger partial charge is 0.341 e. The van der Waals surface area contributed by atoms with Crippen molar-refractivity contribution in [3.8, 4) is 0 Å². The first-order valence-electron chi connectivity index (χ1n) is 9.11. The number of likely N-dealkylation sites (N-methyl/N-ethyl adjacent to an activating group) is 1. The molecule has 0 atom stereocenters. The van der Waals surface area contributed by atoms with Crippen molar-refractivity contribution in [1.29, 1.82) is 0 Å². The number of unbranched alkanes of at least 4 members (excludes halogenated alkanes) is 1. The van der Waals surface area contributed by atoms with E-state index in [1.165, 1.54) is 9.71 Å². The van der Waals surface area contributed by atoms with Crippen LogP contribution in [0.4, 0.5) is 0 Å². The lowest BCUT2D eigenvalue weighted by atomic mass is 10.2. The van der Waals surface area contributed by atoms with Gasteiger partial charge in [0, 0.05) is 26.1 Å². The van der Waals surface area contributed by atoms with Crippen LogP contribution in [0.15, 0.2) is 24.3 Å². The molecule has 1 fully saturated rings. The Morgan fingerprint density at radius 3 is 2.88 bits per heavy atom. The number of hydrogen-bond acceptors (Lipinski definition) is 4. The zero-order chi connectivity index (χ0) is 16.8. The molecule has 2 aromatic rings. The Labute approximate surface area is 148 Å². The summed E-state index contributed by atoms with van der Waals surface area (Å²) in [7, 11) is 0. The summed E-state index contributed by atoms with van der Waals surface area (Å²) in [4.78, 5) is 21.6. The van der Waals surface area contributed by atoms with Crippen LogP contribution in [-0.2, 0) is 11.2 Å². The first-order valence-corrected chi connectivity index (χ1v) is 9.92. The number of fused-ring (bicyclic) bond motifs is 1. The van der Waals surface area contributed by atoms with E-state index in [2.05, 4.69) is 39.9 Å². The van der Waals surface area contributed by atoms with Crippen LogP contribution in [0.25, 0.3) is 10.2 Å². The maximum Gasteiger partial charge on any atom is 0.222 e. The number of carbonyl (C=O) groups is 1. The summed E-state index contributed by atoms with van der Waals surface area (Å²) in [5.41, 5.74) is 1.10. The second kappa shape index (κ2) is 8.58. The summed E-state index contributed by atoms with van der Waals surface area (Å²) >= 11 is 1.78. The molecule has 1 aromatic heterocycles. The van der Waals surface area contributed by atoms with Gasteiger partial charge in [-0.2, -0.15) is 0 Å². The number of nitrogens with zero attached hydrogens (tertiary/aromatic N) is 3. The maximum absolute atomic E-state index is 12.4. The third-order valence-corrected chi connectivity index (χ3v) is 5.85. The van der Waals surface area contributed by atoms with E-state index in [-0.39, 0.29) is 0 Å². The van der Waals surface area contributed by atoms with Gasteiger partial charge in [-0.15, -0.1) is 11.3 Å². The maximum atomic E-state index is 12.4. The lowest BCUT2D eigenvalue weighted by Gasteiger charge is -2.21. The molecule has 0 bridgehead atoms. The quantitative estimate of drug-likeness (QED) is 0.751. The smallest absolute Gasteiger partial charge is 0.222 e. The molecule has 5 heteroatoms. The Morgan fingerprint density at radius 1 is 1.17 bits per heavy atom. The lowest BCUT2D eigenvalue weighted by molar-refractivity contribution is -0.131. The number of amides is 1. The normalized spacial score (nSPS) is 16.5. The monoisotopic (exact) mass is 345 g/mol. The summed E-state index contributed by atoms with van der Waals surface area (Å²) in [6.45, 7) is 7.24. The van der Waals surface area contributed by atoms with Gasteiger partial charge in [-0.1, -0.05) is 19.1 Å². The topological polar surface area (TPSA) is 36.4 Å². The molecule has 2 heterocycles. The zero-order valence-corrected chi connectivity index (χ0v) is 15.4. The van der Waals surface area contributed by atoms with Crippen LogP contribution in [0.1, 0.15) is 37.6 Å². The standard InChI is InChI=1S/C19H27N3OS/c1-2-21-12-7-13-22(15-14-21)19(23)11-6-5-10-18-20-16-8-3-4-9-17(16)24-18/h3-4,8-9H,2,5-7,10-15H2,1H3. The van der Waals surface area contributed by atoms with Gasteiger partial charge in [-0.25, -0.2) is 4.98 Å². The molecule has 0 unspecified atom stereocenters. The van der Waals surface area contributed by atoms with Crippen LogP contribution in [0.3, 0.4) is 0 Å². The second-order valence-corrected chi connectivity index (χ2v) is 7.57. The number of aromatic nitrogens is 1. The minimum atomic E-state index is 0.331. The number of carbonyl (C=O) groups excluding carboxylic acids is 1. The van der Waals surface area contributed by atoms with Crippen molar-refractivity contribution in [3.05, 3.63) is 29.3 Å². The van der Waals surface area contributed by atoms with Crippen molar-refractivity contribution in [3.63, 3.8) is 0 Å². The molecule has 0 spiro atoms. The third-order valence-electron chi connectivity index (χ3n) is 4.76. The first-order chi connectivity index (χ1) is 11.8. The minimum Gasteiger partial charge on any atom is -0.341 e. The van der Waals surface area contributed by atoms with E-state index in [0.29, 0.717) is 12.3 Å². The fraction of sp³-hybridized carbons (Fsp3) is 0.579. The molecule has 4 nitrogen and oxygen atoms in total. The van der Waals surface area contributed by atoms with Gasteiger partial charge >= 0.3 is 0 Å². The molecule has 0 N–H and O–H groups in total. The number of benzene rings is 1. The van der Waals surface area contributed by atoms with Crippen molar-refractivity contribution < 1.29 is 4.79 Å². The molecular weight excluding hydrogens is 318 g/mol. The van der Waals surface area contributed by atoms with Crippen LogP contribution in [0.5, 0.6) is 0 Å². The van der Waals surface area contributed by atoms with E-state index in [4.69, 9.17) is 0 Å². The molecule has 130 valence electrons. The molecule has 1 aromatic carbocycles. The van der Waals surface area contributed by atoms with Crippen LogP contribution in [0.2, 0.25) is 0 Å². The number of hydrogen-bond donors (Lipinski definition) is 0. The van der Waals surface area contributed by atoms with Crippen molar-refractivity contribution in [2.24, 2.45) is 0 Å². The van der Waals surface area contributed by atoms with E-state index in [9.17, 15) is 4.79 Å². The minimum absolute atomic E-state index is 0.331. The Hall–Kier alpha value is -1.46. The van der Waals surface area contributed by atoms with E-state index >= 15 is 0 Å². The van der Waals surface area contributed by atoms with Gasteiger partial charge in [0.25, 0.3) is 0 Å². The van der Waals surface area contributed by atoms with Crippen LogP contribution in [0, 0.1) is 0 Å². The predicted octanol–water partition coefficient (Wildman–Crippen LogP) is 3.56. The average Bonchev–Trinajstić information content (AvgIpc) is 2.86. The highest BCUT2D eigenvalue weighted by Crippen LogP contribution is 2.23. The van der Waals surface area contributed by atoms with Crippen LogP contribution in [-0.4, -0.2) is 53.4 Å². The summed E-state index contributed by atoms with van der Waals surface area (Å²) in [5.74, 6) is 0.331. The Morgan fingerprint density at radius 2 is 2.04 bits per heavy atom. The highest BCUT2D eigenvalue weighted by atomic mass is 32.1. The van der Waals surface area contributed by atoms with Crippen molar-refractivity contribution in [2.45, 2.75) is 39.0 Å². The summed E-state index contributed by atoms with van der Waals surface area (Å²) in [6.07, 6.45) is 4.77. The fourth-order valence-electron chi connectivity index (χ4n) is 3.27. The van der Waals surface area contributed by atoms with E-state index in [1.54, 1.807) is 11.3 Å². The third kappa shape index (κ3) is 4.54. The molecule has 1 aliphatic heterocycles. The van der Waals surface area contributed by atoms with Gasteiger partial charge in [-0.3, -0.25) is 4.79 Å². The molecular formula is C19H27N3OS. The zero-order valence-electron chi connectivity index (χ0n) is 14.5.